The van der Waals surface area contributed by atoms with Crippen molar-refractivity contribution >= 4 is 43.6 Å². The third-order valence-electron chi connectivity index (χ3n) is 8.77. The van der Waals surface area contributed by atoms with Crippen LogP contribution in [-0.2, 0) is 0 Å². The predicted octanol–water partition coefficient (Wildman–Crippen LogP) is 10.8. The molecule has 0 aliphatic rings. The van der Waals surface area contributed by atoms with E-state index in [4.69, 9.17) is 19.9 Å². The van der Waals surface area contributed by atoms with Gasteiger partial charge in [-0.3, -0.25) is 0 Å². The fourth-order valence-electron chi connectivity index (χ4n) is 6.26. The van der Waals surface area contributed by atoms with E-state index in [1.165, 1.54) is 24.3 Å². The topological polar surface area (TPSA) is 51.6 Å². The van der Waals surface area contributed by atoms with Crippen molar-refractivity contribution in [2.75, 3.05) is 0 Å². The fourth-order valence-corrected chi connectivity index (χ4v) is 6.26. The minimum atomic E-state index is -0.279. The van der Waals surface area contributed by atoms with Gasteiger partial charge in [0.15, 0.2) is 0 Å². The highest BCUT2D eigenvalue weighted by Crippen LogP contribution is 2.32. The molecule has 5 aromatic carbocycles. The summed E-state index contributed by atoms with van der Waals surface area (Å²) in [6.45, 7) is 0. The largest absolute Gasteiger partial charge is 0.245 e. The zero-order valence-electron chi connectivity index (χ0n) is 25.4. The lowest BCUT2D eigenvalue weighted by atomic mass is 10.0. The van der Waals surface area contributed by atoms with Crippen LogP contribution in [0, 0.1) is 11.6 Å². The van der Waals surface area contributed by atoms with Crippen molar-refractivity contribution in [3.8, 4) is 45.0 Å². The molecule has 0 unspecified atom stereocenters. The molecular formula is C42H24F2N4. The second-order valence-corrected chi connectivity index (χ2v) is 11.8. The van der Waals surface area contributed by atoms with Gasteiger partial charge in [0.05, 0.1) is 44.8 Å². The third-order valence-corrected chi connectivity index (χ3v) is 8.77. The van der Waals surface area contributed by atoms with E-state index in [9.17, 15) is 8.78 Å². The van der Waals surface area contributed by atoms with Crippen LogP contribution < -0.4 is 0 Å². The highest BCUT2D eigenvalue weighted by Gasteiger charge is 2.12. The van der Waals surface area contributed by atoms with E-state index in [2.05, 4.69) is 30.3 Å². The van der Waals surface area contributed by atoms with Gasteiger partial charge in [-0.2, -0.15) is 0 Å². The number of fused-ring (bicyclic) bond motifs is 6. The predicted molar refractivity (Wildman–Crippen MR) is 189 cm³/mol. The molecule has 48 heavy (non-hydrogen) atoms. The first-order valence-corrected chi connectivity index (χ1v) is 15.6. The summed E-state index contributed by atoms with van der Waals surface area (Å²) in [5.74, 6) is -0.558. The van der Waals surface area contributed by atoms with Gasteiger partial charge in [0.1, 0.15) is 11.6 Å². The Morgan fingerprint density at radius 1 is 0.292 bits per heavy atom. The maximum Gasteiger partial charge on any atom is 0.123 e. The fraction of sp³-hybridized carbons (Fsp3) is 0. The van der Waals surface area contributed by atoms with E-state index in [0.29, 0.717) is 0 Å². The monoisotopic (exact) mass is 622 g/mol. The molecular weight excluding hydrogens is 598 g/mol. The molecule has 9 aromatic rings. The molecule has 4 nitrogen and oxygen atoms in total. The second-order valence-electron chi connectivity index (χ2n) is 11.8. The molecule has 0 saturated heterocycles. The Balaban J connectivity index is 1.13. The average Bonchev–Trinajstić information content (AvgIpc) is 3.14. The van der Waals surface area contributed by atoms with Gasteiger partial charge in [0, 0.05) is 43.8 Å². The minimum absolute atomic E-state index is 0.279. The van der Waals surface area contributed by atoms with Crippen LogP contribution in [0.3, 0.4) is 0 Å². The molecule has 0 atom stereocenters. The normalized spacial score (nSPS) is 11.5. The van der Waals surface area contributed by atoms with Crippen molar-refractivity contribution in [3.05, 3.63) is 157 Å². The summed E-state index contributed by atoms with van der Waals surface area (Å²) < 4.78 is 27.1. The van der Waals surface area contributed by atoms with Crippen LogP contribution in [0.5, 0.6) is 0 Å². The summed E-state index contributed by atoms with van der Waals surface area (Å²) in [6.07, 6.45) is 0. The number of hydrogen-bond acceptors (Lipinski definition) is 4. The van der Waals surface area contributed by atoms with Gasteiger partial charge >= 0.3 is 0 Å². The molecule has 4 aromatic heterocycles. The number of hydrogen-bond donors (Lipinski definition) is 0. The van der Waals surface area contributed by atoms with Gasteiger partial charge in [-0.05, 0) is 78.9 Å². The van der Waals surface area contributed by atoms with E-state index < -0.39 is 0 Å². The highest BCUT2D eigenvalue weighted by molar-refractivity contribution is 6.05. The van der Waals surface area contributed by atoms with Crippen LogP contribution in [0.25, 0.3) is 88.6 Å². The van der Waals surface area contributed by atoms with E-state index in [1.807, 2.05) is 66.7 Å². The van der Waals surface area contributed by atoms with Crippen molar-refractivity contribution in [2.45, 2.75) is 0 Å². The average molecular weight is 623 g/mol. The SMILES string of the molecule is Fc1ccc(-c2ccc3ccc4ccc(-c5cccc(-c6ccc7ccc8ccc(-c9ccc(F)cc9)nc8c7n6)c5)nc4c3n2)cc1. The quantitative estimate of drug-likeness (QED) is 0.183. The van der Waals surface area contributed by atoms with Crippen LogP contribution >= 0.6 is 0 Å². The smallest absolute Gasteiger partial charge is 0.123 e. The number of rotatable bonds is 4. The Kier molecular flexibility index (Phi) is 6.47. The van der Waals surface area contributed by atoms with Gasteiger partial charge in [0.2, 0.25) is 0 Å². The summed E-state index contributed by atoms with van der Waals surface area (Å²) in [6, 6.07) is 45.3. The van der Waals surface area contributed by atoms with Gasteiger partial charge in [-0.25, -0.2) is 28.7 Å². The van der Waals surface area contributed by atoms with Gasteiger partial charge < -0.3 is 0 Å². The molecule has 9 rings (SSSR count). The number of nitrogens with zero attached hydrogens (tertiary/aromatic N) is 4. The molecule has 0 aliphatic carbocycles. The maximum atomic E-state index is 13.6. The first-order valence-electron chi connectivity index (χ1n) is 15.6. The number of pyridine rings is 4. The molecule has 0 saturated carbocycles. The second kappa shape index (κ2) is 11.1. The van der Waals surface area contributed by atoms with Crippen molar-refractivity contribution in [2.24, 2.45) is 0 Å². The molecule has 4 heterocycles. The van der Waals surface area contributed by atoms with Crippen molar-refractivity contribution in [1.82, 2.24) is 19.9 Å². The van der Waals surface area contributed by atoms with Crippen molar-refractivity contribution < 1.29 is 8.78 Å². The summed E-state index contributed by atoms with van der Waals surface area (Å²) in [4.78, 5) is 20.2. The Morgan fingerprint density at radius 2 is 0.583 bits per heavy atom. The van der Waals surface area contributed by atoms with Crippen LogP contribution in [0.2, 0.25) is 0 Å². The number of aromatic nitrogens is 4. The lowest BCUT2D eigenvalue weighted by Crippen LogP contribution is -1.92. The van der Waals surface area contributed by atoms with E-state index in [0.717, 1.165) is 88.6 Å². The lowest BCUT2D eigenvalue weighted by Gasteiger charge is -2.10. The Labute approximate surface area is 274 Å². The molecule has 0 bridgehead atoms. The molecule has 0 amide bonds. The molecule has 0 radical (unpaired) electrons. The van der Waals surface area contributed by atoms with Crippen LogP contribution in [0.4, 0.5) is 8.78 Å². The molecule has 0 aliphatic heterocycles. The molecule has 6 heteroatoms. The van der Waals surface area contributed by atoms with E-state index in [-0.39, 0.29) is 11.6 Å². The van der Waals surface area contributed by atoms with Crippen LogP contribution in [0.15, 0.2) is 146 Å². The zero-order valence-corrected chi connectivity index (χ0v) is 25.4. The first-order chi connectivity index (χ1) is 23.6. The van der Waals surface area contributed by atoms with Crippen molar-refractivity contribution in [1.29, 1.82) is 0 Å². The summed E-state index contributed by atoms with van der Waals surface area (Å²) in [7, 11) is 0. The Bertz CT molecular complexity index is 2500. The summed E-state index contributed by atoms with van der Waals surface area (Å²) >= 11 is 0. The van der Waals surface area contributed by atoms with Crippen molar-refractivity contribution in [3.63, 3.8) is 0 Å². The standard InChI is InChI=1S/C42H24F2N4/c43-33-16-8-25(9-17-33)35-20-12-27-4-6-29-14-22-37(47-41(29)39(27)45-35)31-2-1-3-32(24-31)38-23-15-30-7-5-28-13-21-36(46-40(28)42(30)48-38)26-10-18-34(44)19-11-26/h1-24H. The highest BCUT2D eigenvalue weighted by atomic mass is 19.1. The first kappa shape index (κ1) is 27.9. The van der Waals surface area contributed by atoms with Crippen LogP contribution in [0.1, 0.15) is 0 Å². The Hall–Kier alpha value is -6.40. The minimum Gasteiger partial charge on any atom is -0.245 e. The molecule has 0 N–H and O–H groups in total. The summed E-state index contributed by atoms with van der Waals surface area (Å²) in [5, 5.41) is 3.94. The van der Waals surface area contributed by atoms with E-state index in [1.54, 1.807) is 24.3 Å². The number of benzene rings is 5. The van der Waals surface area contributed by atoms with Gasteiger partial charge in [-0.15, -0.1) is 0 Å². The molecule has 0 fully saturated rings. The Morgan fingerprint density at radius 3 is 0.917 bits per heavy atom. The zero-order chi connectivity index (χ0) is 32.2. The number of halogens is 2. The van der Waals surface area contributed by atoms with Gasteiger partial charge in [-0.1, -0.05) is 66.7 Å². The maximum absolute atomic E-state index is 13.6. The van der Waals surface area contributed by atoms with Gasteiger partial charge in [0.25, 0.3) is 0 Å². The van der Waals surface area contributed by atoms with Crippen LogP contribution in [-0.4, -0.2) is 19.9 Å². The summed E-state index contributed by atoms with van der Waals surface area (Å²) in [5.41, 5.74) is 9.96. The van der Waals surface area contributed by atoms with E-state index >= 15 is 0 Å². The molecule has 0 spiro atoms. The molecule has 226 valence electrons. The third kappa shape index (κ3) is 4.91. The lowest BCUT2D eigenvalue weighted by molar-refractivity contribution is 0.627.